The van der Waals surface area contributed by atoms with Gasteiger partial charge in [-0.25, -0.2) is 0 Å². The van der Waals surface area contributed by atoms with Gasteiger partial charge in [0.05, 0.1) is 0 Å². The maximum atomic E-state index is 6.20. The number of fused-ring (bicyclic) bond motifs is 2. The Morgan fingerprint density at radius 1 is 1.39 bits per heavy atom. The minimum Gasteiger partial charge on any atom is -0.329 e. The molecule has 2 fully saturated rings. The summed E-state index contributed by atoms with van der Waals surface area (Å²) >= 11 is 1.94. The van der Waals surface area contributed by atoms with E-state index < -0.39 is 0 Å². The predicted molar refractivity (Wildman–Crippen MR) is 81.2 cm³/mol. The summed E-state index contributed by atoms with van der Waals surface area (Å²) in [4.78, 5) is 5.18. The van der Waals surface area contributed by atoms with Gasteiger partial charge in [0.15, 0.2) is 0 Å². The first kappa shape index (κ1) is 14.6. The number of thioether (sulfide) groups is 1. The number of rotatable bonds is 5. The van der Waals surface area contributed by atoms with Crippen molar-refractivity contribution in [1.82, 2.24) is 9.80 Å². The summed E-state index contributed by atoms with van der Waals surface area (Å²) in [5.74, 6) is 1.20. The molecule has 2 aliphatic heterocycles. The first-order valence-electron chi connectivity index (χ1n) is 7.18. The molecule has 0 radical (unpaired) electrons. The summed E-state index contributed by atoms with van der Waals surface area (Å²) in [6.07, 6.45) is 7.44. The molecule has 0 aromatic rings. The Hall–Kier alpha value is 0.230. The molecule has 2 N–H and O–H groups in total. The maximum absolute atomic E-state index is 6.20. The van der Waals surface area contributed by atoms with E-state index in [9.17, 15) is 0 Å². The molecule has 0 aromatic heterocycles. The van der Waals surface area contributed by atoms with E-state index >= 15 is 0 Å². The molecule has 4 heteroatoms. The van der Waals surface area contributed by atoms with E-state index in [2.05, 4.69) is 37.1 Å². The van der Waals surface area contributed by atoms with Gasteiger partial charge in [0.2, 0.25) is 0 Å². The minimum absolute atomic E-state index is 0.244. The molecule has 3 atom stereocenters. The van der Waals surface area contributed by atoms with E-state index in [1.807, 2.05) is 11.8 Å². The van der Waals surface area contributed by atoms with Crippen molar-refractivity contribution < 1.29 is 0 Å². The van der Waals surface area contributed by atoms with Crippen LogP contribution in [0.5, 0.6) is 0 Å². The first-order valence-corrected chi connectivity index (χ1v) is 8.57. The topological polar surface area (TPSA) is 32.5 Å². The molecule has 0 aliphatic carbocycles. The van der Waals surface area contributed by atoms with Crippen molar-refractivity contribution in [3.63, 3.8) is 0 Å². The number of hydrogen-bond acceptors (Lipinski definition) is 4. The van der Waals surface area contributed by atoms with Crippen LogP contribution in [0.25, 0.3) is 0 Å². The molecule has 0 spiro atoms. The van der Waals surface area contributed by atoms with Gasteiger partial charge in [0.25, 0.3) is 0 Å². The van der Waals surface area contributed by atoms with Crippen LogP contribution >= 0.6 is 11.8 Å². The average Bonchev–Trinajstić information content (AvgIpc) is 2.61. The molecule has 3 unspecified atom stereocenters. The van der Waals surface area contributed by atoms with Crippen LogP contribution in [0.1, 0.15) is 32.6 Å². The van der Waals surface area contributed by atoms with Gasteiger partial charge in [-0.3, -0.25) is 4.90 Å². The zero-order valence-corrected chi connectivity index (χ0v) is 13.2. The summed E-state index contributed by atoms with van der Waals surface area (Å²) in [6, 6.07) is 2.14. The van der Waals surface area contributed by atoms with Crippen LogP contribution in [-0.4, -0.2) is 66.1 Å². The van der Waals surface area contributed by atoms with Crippen molar-refractivity contribution in [2.75, 3.05) is 32.6 Å². The summed E-state index contributed by atoms with van der Waals surface area (Å²) in [5.41, 5.74) is 6.45. The summed E-state index contributed by atoms with van der Waals surface area (Å²) in [5, 5.41) is 0. The van der Waals surface area contributed by atoms with E-state index in [-0.39, 0.29) is 5.54 Å². The van der Waals surface area contributed by atoms with Crippen molar-refractivity contribution in [1.29, 1.82) is 0 Å². The largest absolute Gasteiger partial charge is 0.329 e. The molecule has 2 saturated heterocycles. The SMILES string of the molecule is CSCC(C)N(C)C1(CN)CC2CCC(C1)N2C. The highest BCUT2D eigenvalue weighted by Crippen LogP contribution is 2.42. The molecule has 0 amide bonds. The van der Waals surface area contributed by atoms with Crippen molar-refractivity contribution >= 4 is 11.8 Å². The molecule has 18 heavy (non-hydrogen) atoms. The molecule has 2 bridgehead atoms. The van der Waals surface area contributed by atoms with Gasteiger partial charge in [0, 0.05) is 36.0 Å². The lowest BCUT2D eigenvalue weighted by Gasteiger charge is -2.51. The highest BCUT2D eigenvalue weighted by atomic mass is 32.2. The maximum Gasteiger partial charge on any atom is 0.0361 e. The summed E-state index contributed by atoms with van der Waals surface area (Å²) in [6.45, 7) is 3.15. The van der Waals surface area contributed by atoms with Gasteiger partial charge < -0.3 is 10.6 Å². The average molecular weight is 271 g/mol. The summed E-state index contributed by atoms with van der Waals surface area (Å²) in [7, 11) is 4.59. The molecular formula is C14H29N3S. The molecular weight excluding hydrogens is 242 g/mol. The van der Waals surface area contributed by atoms with Gasteiger partial charge in [0.1, 0.15) is 0 Å². The fraction of sp³-hybridized carbons (Fsp3) is 1.00. The molecule has 2 rings (SSSR count). The van der Waals surface area contributed by atoms with Gasteiger partial charge in [-0.2, -0.15) is 11.8 Å². The predicted octanol–water partition coefficient (Wildman–Crippen LogP) is 1.62. The number of hydrogen-bond donors (Lipinski definition) is 1. The third kappa shape index (κ3) is 2.45. The Kier molecular flexibility index (Phi) is 4.63. The monoisotopic (exact) mass is 271 g/mol. The highest BCUT2D eigenvalue weighted by Gasteiger charge is 2.48. The Morgan fingerprint density at radius 2 is 1.94 bits per heavy atom. The van der Waals surface area contributed by atoms with Crippen molar-refractivity contribution in [2.24, 2.45) is 5.73 Å². The fourth-order valence-electron chi connectivity index (χ4n) is 3.96. The standard InChI is InChI=1S/C14H29N3S/c1-11(9-18-4)17(3)14(10-15)7-12-5-6-13(8-14)16(12)2/h11-13H,5-10,15H2,1-4H3. The lowest BCUT2D eigenvalue weighted by Crippen LogP contribution is -2.63. The molecule has 0 saturated carbocycles. The Bertz CT molecular complexity index is 270. The lowest BCUT2D eigenvalue weighted by atomic mass is 9.81. The second-order valence-electron chi connectivity index (χ2n) is 6.30. The van der Waals surface area contributed by atoms with Crippen LogP contribution in [0, 0.1) is 0 Å². The number of piperidine rings is 1. The molecule has 2 heterocycles. The number of nitrogens with two attached hydrogens (primary N) is 1. The Balaban J connectivity index is 2.12. The molecule has 0 aromatic carbocycles. The van der Waals surface area contributed by atoms with Crippen molar-refractivity contribution in [2.45, 2.75) is 56.3 Å². The van der Waals surface area contributed by atoms with Crippen LogP contribution in [0.4, 0.5) is 0 Å². The normalized spacial score (nSPS) is 38.3. The zero-order valence-electron chi connectivity index (χ0n) is 12.4. The third-order valence-corrected chi connectivity index (χ3v) is 6.23. The highest BCUT2D eigenvalue weighted by molar-refractivity contribution is 7.98. The molecule has 106 valence electrons. The quantitative estimate of drug-likeness (QED) is 0.824. The smallest absolute Gasteiger partial charge is 0.0361 e. The minimum atomic E-state index is 0.244. The molecule has 2 aliphatic rings. The van der Waals surface area contributed by atoms with E-state index in [1.165, 1.54) is 31.4 Å². The van der Waals surface area contributed by atoms with E-state index in [4.69, 9.17) is 5.73 Å². The van der Waals surface area contributed by atoms with Crippen LogP contribution in [0.2, 0.25) is 0 Å². The third-order valence-electron chi connectivity index (χ3n) is 5.41. The van der Waals surface area contributed by atoms with Crippen molar-refractivity contribution in [3.05, 3.63) is 0 Å². The first-order chi connectivity index (χ1) is 8.54. The molecule has 3 nitrogen and oxygen atoms in total. The van der Waals surface area contributed by atoms with Crippen molar-refractivity contribution in [3.8, 4) is 0 Å². The van der Waals surface area contributed by atoms with Crippen LogP contribution in [0.15, 0.2) is 0 Å². The van der Waals surface area contributed by atoms with Gasteiger partial charge in [-0.05, 0) is 53.0 Å². The van der Waals surface area contributed by atoms with E-state index in [1.54, 1.807) is 0 Å². The van der Waals surface area contributed by atoms with Crippen LogP contribution in [0.3, 0.4) is 0 Å². The Labute approximate surface area is 116 Å². The second kappa shape index (κ2) is 5.70. The van der Waals surface area contributed by atoms with Crippen LogP contribution in [-0.2, 0) is 0 Å². The van der Waals surface area contributed by atoms with Gasteiger partial charge in [-0.1, -0.05) is 0 Å². The number of nitrogens with zero attached hydrogens (tertiary/aromatic N) is 2. The second-order valence-corrected chi connectivity index (χ2v) is 7.21. The fourth-order valence-corrected chi connectivity index (χ4v) is 4.67. The van der Waals surface area contributed by atoms with Gasteiger partial charge >= 0.3 is 0 Å². The van der Waals surface area contributed by atoms with Gasteiger partial charge in [-0.15, -0.1) is 0 Å². The number of likely N-dealkylation sites (N-methyl/N-ethyl adjacent to an activating group) is 1. The Morgan fingerprint density at radius 3 is 2.39 bits per heavy atom. The van der Waals surface area contributed by atoms with E-state index in [0.717, 1.165) is 18.6 Å². The summed E-state index contributed by atoms with van der Waals surface area (Å²) < 4.78 is 0. The zero-order chi connectivity index (χ0) is 13.3. The van der Waals surface area contributed by atoms with E-state index in [0.29, 0.717) is 6.04 Å². The lowest BCUT2D eigenvalue weighted by molar-refractivity contribution is 0.00115. The van der Waals surface area contributed by atoms with Crippen LogP contribution < -0.4 is 5.73 Å².